The summed E-state index contributed by atoms with van der Waals surface area (Å²) in [7, 11) is 0. The van der Waals surface area contributed by atoms with E-state index in [1.54, 1.807) is 23.7 Å². The smallest absolute Gasteiger partial charge is 0.358 e. The number of nitrogens with zero attached hydrogens (tertiary/aromatic N) is 4. The normalized spacial score (nSPS) is 10.8. The molecule has 2 rings (SSSR count). The van der Waals surface area contributed by atoms with Gasteiger partial charge in [-0.3, -0.25) is 0 Å². The van der Waals surface area contributed by atoms with Crippen LogP contribution in [0.3, 0.4) is 0 Å². The molecule has 0 bridgehead atoms. The molecule has 0 aromatic carbocycles. The minimum absolute atomic E-state index is 0.0967. The predicted octanol–water partition coefficient (Wildman–Crippen LogP) is 1.84. The Kier molecular flexibility index (Phi) is 3.97. The van der Waals surface area contributed by atoms with Gasteiger partial charge in [0, 0.05) is 11.7 Å². The average molecular weight is 276 g/mol. The second-order valence-electron chi connectivity index (χ2n) is 4.61. The highest BCUT2D eigenvalue weighted by molar-refractivity contribution is 5.88. The molecule has 0 saturated heterocycles. The Bertz CT molecular complexity index is 622. The molecule has 7 heteroatoms. The van der Waals surface area contributed by atoms with Gasteiger partial charge >= 0.3 is 5.97 Å². The molecule has 2 aromatic heterocycles. The Hall–Kier alpha value is -2.44. The van der Waals surface area contributed by atoms with Crippen molar-refractivity contribution in [3.05, 3.63) is 35.7 Å². The first kappa shape index (κ1) is 14.0. The van der Waals surface area contributed by atoms with E-state index in [4.69, 9.17) is 9.84 Å². The van der Waals surface area contributed by atoms with Crippen LogP contribution in [-0.4, -0.2) is 30.8 Å². The lowest BCUT2D eigenvalue weighted by molar-refractivity contribution is 0.0684. The fourth-order valence-electron chi connectivity index (χ4n) is 1.76. The van der Waals surface area contributed by atoms with Gasteiger partial charge in [-0.05, 0) is 32.9 Å². The number of aromatic carboxylic acids is 1. The Balaban J connectivity index is 2.19. The molecular formula is C13H16N4O3. The number of carbonyl (C=O) groups is 1. The summed E-state index contributed by atoms with van der Waals surface area (Å²) in [4.78, 5) is 19.2. The molecule has 0 saturated carbocycles. The molecule has 0 spiro atoms. The standard InChI is InChI=1S/C13H16N4O3/c1-8(2)17-11(14-7-15-17)6-20-10-5-4-9(3)16-12(10)13(18)19/h4-5,7-8H,6H2,1-3H3,(H,18,19). The van der Waals surface area contributed by atoms with E-state index in [0.717, 1.165) is 0 Å². The first-order chi connectivity index (χ1) is 9.49. The van der Waals surface area contributed by atoms with Crippen molar-refractivity contribution in [2.24, 2.45) is 0 Å². The van der Waals surface area contributed by atoms with Crippen LogP contribution >= 0.6 is 0 Å². The van der Waals surface area contributed by atoms with Crippen molar-refractivity contribution in [3.63, 3.8) is 0 Å². The van der Waals surface area contributed by atoms with Gasteiger partial charge in [0.05, 0.1) is 0 Å². The molecular weight excluding hydrogens is 260 g/mol. The maximum atomic E-state index is 11.1. The summed E-state index contributed by atoms with van der Waals surface area (Å²) in [5.41, 5.74) is 0.528. The van der Waals surface area contributed by atoms with E-state index in [2.05, 4.69) is 15.1 Å². The molecule has 106 valence electrons. The molecule has 1 N–H and O–H groups in total. The zero-order chi connectivity index (χ0) is 14.7. The number of carboxylic acid groups (broad SMARTS) is 1. The fourth-order valence-corrected chi connectivity index (χ4v) is 1.76. The molecule has 0 fully saturated rings. The third-order valence-electron chi connectivity index (χ3n) is 2.69. The maximum Gasteiger partial charge on any atom is 0.358 e. The Labute approximate surface area is 116 Å². The summed E-state index contributed by atoms with van der Waals surface area (Å²) in [6.07, 6.45) is 1.45. The first-order valence-corrected chi connectivity index (χ1v) is 6.21. The van der Waals surface area contributed by atoms with Gasteiger partial charge < -0.3 is 9.84 Å². The third kappa shape index (κ3) is 2.93. The molecule has 0 aliphatic rings. The van der Waals surface area contributed by atoms with Gasteiger partial charge in [0.1, 0.15) is 12.9 Å². The van der Waals surface area contributed by atoms with Crippen LogP contribution in [0.5, 0.6) is 5.75 Å². The quantitative estimate of drug-likeness (QED) is 0.896. The van der Waals surface area contributed by atoms with Crippen molar-refractivity contribution >= 4 is 5.97 Å². The first-order valence-electron chi connectivity index (χ1n) is 6.21. The van der Waals surface area contributed by atoms with Gasteiger partial charge in [0.2, 0.25) is 0 Å². The minimum Gasteiger partial charge on any atom is -0.483 e. The van der Waals surface area contributed by atoms with Crippen LogP contribution in [0.4, 0.5) is 0 Å². The molecule has 0 amide bonds. The van der Waals surface area contributed by atoms with E-state index in [1.165, 1.54) is 6.33 Å². The average Bonchev–Trinajstić information content (AvgIpc) is 2.85. The van der Waals surface area contributed by atoms with Crippen molar-refractivity contribution in [3.8, 4) is 5.75 Å². The van der Waals surface area contributed by atoms with Crippen LogP contribution in [0, 0.1) is 6.92 Å². The summed E-state index contributed by atoms with van der Waals surface area (Å²) in [6, 6.07) is 3.46. The Morgan fingerprint density at radius 1 is 1.45 bits per heavy atom. The van der Waals surface area contributed by atoms with Gasteiger partial charge in [-0.25, -0.2) is 19.4 Å². The second-order valence-corrected chi connectivity index (χ2v) is 4.61. The molecule has 20 heavy (non-hydrogen) atoms. The summed E-state index contributed by atoms with van der Waals surface area (Å²) < 4.78 is 7.25. The maximum absolute atomic E-state index is 11.1. The van der Waals surface area contributed by atoms with Crippen LogP contribution in [0.25, 0.3) is 0 Å². The number of carboxylic acids is 1. The van der Waals surface area contributed by atoms with Crippen LogP contribution in [0.15, 0.2) is 18.5 Å². The van der Waals surface area contributed by atoms with Gasteiger partial charge in [-0.1, -0.05) is 0 Å². The fraction of sp³-hybridized carbons (Fsp3) is 0.385. The lowest BCUT2D eigenvalue weighted by atomic mass is 10.3. The Morgan fingerprint density at radius 3 is 2.85 bits per heavy atom. The zero-order valence-electron chi connectivity index (χ0n) is 11.6. The highest BCUT2D eigenvalue weighted by Gasteiger charge is 2.15. The molecule has 0 radical (unpaired) electrons. The number of pyridine rings is 1. The Morgan fingerprint density at radius 2 is 2.20 bits per heavy atom. The monoisotopic (exact) mass is 276 g/mol. The van der Waals surface area contributed by atoms with Crippen molar-refractivity contribution in [2.45, 2.75) is 33.4 Å². The number of aryl methyl sites for hydroxylation is 1. The van der Waals surface area contributed by atoms with E-state index < -0.39 is 5.97 Å². The topological polar surface area (TPSA) is 90.1 Å². The van der Waals surface area contributed by atoms with Gasteiger partial charge in [-0.2, -0.15) is 5.10 Å². The van der Waals surface area contributed by atoms with Crippen molar-refractivity contribution in [1.82, 2.24) is 19.7 Å². The van der Waals surface area contributed by atoms with Crippen molar-refractivity contribution in [2.75, 3.05) is 0 Å². The highest BCUT2D eigenvalue weighted by atomic mass is 16.5. The van der Waals surface area contributed by atoms with Crippen molar-refractivity contribution in [1.29, 1.82) is 0 Å². The van der Waals surface area contributed by atoms with E-state index in [1.807, 2.05) is 13.8 Å². The van der Waals surface area contributed by atoms with Gasteiger partial charge in [0.15, 0.2) is 17.3 Å². The summed E-state index contributed by atoms with van der Waals surface area (Å²) in [6.45, 7) is 5.83. The number of hydrogen-bond donors (Lipinski definition) is 1. The zero-order valence-corrected chi connectivity index (χ0v) is 11.6. The highest BCUT2D eigenvalue weighted by Crippen LogP contribution is 2.18. The summed E-state index contributed by atoms with van der Waals surface area (Å²) in [5.74, 6) is -0.257. The second kappa shape index (κ2) is 5.68. The summed E-state index contributed by atoms with van der Waals surface area (Å²) in [5, 5.41) is 13.2. The predicted molar refractivity (Wildman–Crippen MR) is 70.7 cm³/mol. The van der Waals surface area contributed by atoms with Gasteiger partial charge in [-0.15, -0.1) is 0 Å². The third-order valence-corrected chi connectivity index (χ3v) is 2.69. The number of aromatic nitrogens is 4. The van der Waals surface area contributed by atoms with Crippen LogP contribution in [0.1, 0.15) is 41.9 Å². The molecule has 0 unspecified atom stereocenters. The number of ether oxygens (including phenoxy) is 1. The molecule has 7 nitrogen and oxygen atoms in total. The largest absolute Gasteiger partial charge is 0.483 e. The summed E-state index contributed by atoms with van der Waals surface area (Å²) >= 11 is 0. The molecule has 0 aliphatic heterocycles. The van der Waals surface area contributed by atoms with E-state index in [-0.39, 0.29) is 24.1 Å². The molecule has 0 atom stereocenters. The SMILES string of the molecule is Cc1ccc(OCc2ncnn2C(C)C)c(C(=O)O)n1. The van der Waals surface area contributed by atoms with E-state index in [9.17, 15) is 4.79 Å². The van der Waals surface area contributed by atoms with Crippen LogP contribution in [0.2, 0.25) is 0 Å². The molecule has 0 aliphatic carbocycles. The number of hydrogen-bond acceptors (Lipinski definition) is 5. The lowest BCUT2D eigenvalue weighted by Gasteiger charge is -2.11. The minimum atomic E-state index is -1.12. The molecule has 2 heterocycles. The van der Waals surface area contributed by atoms with Gasteiger partial charge in [0.25, 0.3) is 0 Å². The van der Waals surface area contributed by atoms with E-state index in [0.29, 0.717) is 11.5 Å². The van der Waals surface area contributed by atoms with Crippen LogP contribution in [-0.2, 0) is 6.61 Å². The van der Waals surface area contributed by atoms with Crippen molar-refractivity contribution < 1.29 is 14.6 Å². The number of rotatable bonds is 5. The molecule has 2 aromatic rings. The lowest BCUT2D eigenvalue weighted by Crippen LogP contribution is -2.12. The van der Waals surface area contributed by atoms with E-state index >= 15 is 0 Å². The van der Waals surface area contributed by atoms with Crippen LogP contribution < -0.4 is 4.74 Å².